The Labute approximate surface area is 214 Å². The van der Waals surface area contributed by atoms with Gasteiger partial charge in [0.2, 0.25) is 5.91 Å². The quantitative estimate of drug-likeness (QED) is 0.207. The van der Waals surface area contributed by atoms with Gasteiger partial charge in [-0.1, -0.05) is 69.3 Å². The van der Waals surface area contributed by atoms with E-state index in [0.29, 0.717) is 10.5 Å². The summed E-state index contributed by atoms with van der Waals surface area (Å²) in [7, 11) is 0. The van der Waals surface area contributed by atoms with E-state index in [1.54, 1.807) is 15.9 Å². The van der Waals surface area contributed by atoms with Gasteiger partial charge in [-0.05, 0) is 61.1 Å². The summed E-state index contributed by atoms with van der Waals surface area (Å²) in [6.45, 7) is 8.33. The van der Waals surface area contributed by atoms with Gasteiger partial charge in [0.05, 0.1) is 16.8 Å². The third-order valence-corrected chi connectivity index (χ3v) is 8.30. The SMILES string of the molecule is CCCc1sc2nc(SCC(=O)Nc3ccccc3CC)n(-c3ccc(CC)cc3)c(=O)c2c1C. The molecule has 0 radical (unpaired) electrons. The smallest absolute Gasteiger partial charge is 0.267 e. The Morgan fingerprint density at radius 2 is 1.80 bits per heavy atom. The van der Waals surface area contributed by atoms with Crippen molar-refractivity contribution in [2.45, 2.75) is 58.5 Å². The number of aryl methyl sites for hydroxylation is 4. The normalized spacial score (nSPS) is 11.2. The maximum absolute atomic E-state index is 13.8. The molecule has 0 unspecified atom stereocenters. The number of thiophene rings is 1. The number of carbonyl (C=O) groups is 1. The molecule has 0 aliphatic carbocycles. The van der Waals surface area contributed by atoms with Crippen LogP contribution in [0.4, 0.5) is 5.69 Å². The average Bonchev–Trinajstić information content (AvgIpc) is 3.18. The minimum Gasteiger partial charge on any atom is -0.325 e. The summed E-state index contributed by atoms with van der Waals surface area (Å²) in [5.41, 5.74) is 4.84. The molecule has 2 aromatic carbocycles. The number of nitrogens with zero attached hydrogens (tertiary/aromatic N) is 2. The fraction of sp³-hybridized carbons (Fsp3) is 0.321. The van der Waals surface area contributed by atoms with Crippen molar-refractivity contribution < 1.29 is 4.79 Å². The Morgan fingerprint density at radius 1 is 1.06 bits per heavy atom. The van der Waals surface area contributed by atoms with Crippen LogP contribution in [0.25, 0.3) is 15.9 Å². The predicted octanol–water partition coefficient (Wildman–Crippen LogP) is 6.56. The first-order valence-corrected chi connectivity index (χ1v) is 13.9. The first-order valence-electron chi connectivity index (χ1n) is 12.1. The van der Waals surface area contributed by atoms with Crippen LogP contribution in [-0.2, 0) is 24.1 Å². The van der Waals surface area contributed by atoms with Gasteiger partial charge in [-0.25, -0.2) is 4.98 Å². The second-order valence-corrected chi connectivity index (χ2v) is 10.5. The van der Waals surface area contributed by atoms with E-state index >= 15 is 0 Å². The summed E-state index contributed by atoms with van der Waals surface area (Å²) in [6, 6.07) is 15.8. The highest BCUT2D eigenvalue weighted by Gasteiger charge is 2.20. The number of hydrogen-bond acceptors (Lipinski definition) is 5. The fourth-order valence-corrected chi connectivity index (χ4v) is 6.28. The van der Waals surface area contributed by atoms with Crippen LogP contribution >= 0.6 is 23.1 Å². The molecule has 4 rings (SSSR count). The summed E-state index contributed by atoms with van der Waals surface area (Å²) in [6.07, 6.45) is 3.71. The average molecular weight is 506 g/mol. The number of anilines is 1. The van der Waals surface area contributed by atoms with Crippen LogP contribution in [0.15, 0.2) is 58.5 Å². The molecule has 0 spiro atoms. The molecule has 35 heavy (non-hydrogen) atoms. The number of amides is 1. The second kappa shape index (κ2) is 11.2. The number of carbonyl (C=O) groups excluding carboxylic acids is 1. The lowest BCUT2D eigenvalue weighted by Crippen LogP contribution is -2.23. The summed E-state index contributed by atoms with van der Waals surface area (Å²) < 4.78 is 1.66. The molecule has 5 nitrogen and oxygen atoms in total. The van der Waals surface area contributed by atoms with E-state index in [4.69, 9.17) is 4.98 Å². The van der Waals surface area contributed by atoms with Gasteiger partial charge >= 0.3 is 0 Å². The lowest BCUT2D eigenvalue weighted by atomic mass is 10.1. The van der Waals surface area contributed by atoms with Crippen molar-refractivity contribution in [1.82, 2.24) is 9.55 Å². The largest absolute Gasteiger partial charge is 0.325 e. The topological polar surface area (TPSA) is 64.0 Å². The number of fused-ring (bicyclic) bond motifs is 1. The standard InChI is InChI=1S/C28H31N3O2S2/c1-5-10-23-18(4)25-26(35-23)30-28(31(27(25)33)21-15-13-19(6-2)14-16-21)34-17-24(32)29-22-12-9-8-11-20(22)7-3/h8-9,11-16H,5-7,10,17H2,1-4H3,(H,29,32). The van der Waals surface area contributed by atoms with Gasteiger partial charge in [0.25, 0.3) is 5.56 Å². The Balaban J connectivity index is 1.72. The lowest BCUT2D eigenvalue weighted by Gasteiger charge is -2.13. The van der Waals surface area contributed by atoms with Gasteiger partial charge in [0, 0.05) is 10.6 Å². The van der Waals surface area contributed by atoms with E-state index < -0.39 is 0 Å². The van der Waals surface area contributed by atoms with Crippen LogP contribution in [0.2, 0.25) is 0 Å². The van der Waals surface area contributed by atoms with Crippen molar-refractivity contribution in [3.05, 3.63) is 80.5 Å². The van der Waals surface area contributed by atoms with Crippen LogP contribution in [0, 0.1) is 6.92 Å². The minimum atomic E-state index is -0.118. The Morgan fingerprint density at radius 3 is 2.49 bits per heavy atom. The van der Waals surface area contributed by atoms with Gasteiger partial charge in [-0.2, -0.15) is 0 Å². The van der Waals surface area contributed by atoms with Crippen LogP contribution in [-0.4, -0.2) is 21.2 Å². The van der Waals surface area contributed by atoms with Gasteiger partial charge in [0.1, 0.15) is 4.83 Å². The van der Waals surface area contributed by atoms with E-state index in [1.807, 2.05) is 55.5 Å². The van der Waals surface area contributed by atoms with Gasteiger partial charge in [0.15, 0.2) is 5.16 Å². The monoisotopic (exact) mass is 505 g/mol. The molecule has 182 valence electrons. The van der Waals surface area contributed by atoms with E-state index in [9.17, 15) is 9.59 Å². The number of benzene rings is 2. The molecule has 1 amide bonds. The summed E-state index contributed by atoms with van der Waals surface area (Å²) in [4.78, 5) is 33.5. The molecular formula is C28H31N3O2S2. The van der Waals surface area contributed by atoms with Crippen molar-refractivity contribution in [3.8, 4) is 5.69 Å². The van der Waals surface area contributed by atoms with Crippen LogP contribution in [0.5, 0.6) is 0 Å². The van der Waals surface area contributed by atoms with Crippen molar-refractivity contribution in [1.29, 1.82) is 0 Å². The number of rotatable bonds is 9. The summed E-state index contributed by atoms with van der Waals surface area (Å²) >= 11 is 2.89. The summed E-state index contributed by atoms with van der Waals surface area (Å²) in [5, 5.41) is 4.24. The van der Waals surface area contributed by atoms with E-state index in [-0.39, 0.29) is 17.2 Å². The number of aromatic nitrogens is 2. The lowest BCUT2D eigenvalue weighted by molar-refractivity contribution is -0.113. The Bertz CT molecular complexity index is 1400. The maximum atomic E-state index is 13.8. The highest BCUT2D eigenvalue weighted by Crippen LogP contribution is 2.31. The number of para-hydroxylation sites is 1. The van der Waals surface area contributed by atoms with Crippen LogP contribution in [0.3, 0.4) is 0 Å². The van der Waals surface area contributed by atoms with Gasteiger partial charge < -0.3 is 5.32 Å². The summed E-state index contributed by atoms with van der Waals surface area (Å²) in [5.74, 6) is 0.0435. The van der Waals surface area contributed by atoms with Crippen molar-refractivity contribution in [2.75, 3.05) is 11.1 Å². The van der Waals surface area contributed by atoms with Gasteiger partial charge in [-0.3, -0.25) is 14.2 Å². The number of hydrogen-bond donors (Lipinski definition) is 1. The Kier molecular flexibility index (Phi) is 8.08. The third kappa shape index (κ3) is 5.36. The molecule has 2 aromatic heterocycles. The predicted molar refractivity (Wildman–Crippen MR) is 149 cm³/mol. The molecule has 0 atom stereocenters. The molecule has 0 saturated carbocycles. The van der Waals surface area contributed by atoms with E-state index in [1.165, 1.54) is 22.2 Å². The first kappa shape index (κ1) is 25.2. The molecule has 0 aliphatic rings. The molecule has 4 aromatic rings. The molecule has 7 heteroatoms. The number of nitrogens with one attached hydrogen (secondary N) is 1. The van der Waals surface area contributed by atoms with E-state index in [0.717, 1.165) is 53.0 Å². The van der Waals surface area contributed by atoms with E-state index in [2.05, 4.69) is 26.1 Å². The zero-order chi connectivity index (χ0) is 24.9. The molecule has 2 heterocycles. The van der Waals surface area contributed by atoms with Gasteiger partial charge in [-0.15, -0.1) is 11.3 Å². The number of thioether (sulfide) groups is 1. The first-order chi connectivity index (χ1) is 17.0. The van der Waals surface area contributed by atoms with Crippen molar-refractivity contribution in [2.24, 2.45) is 0 Å². The maximum Gasteiger partial charge on any atom is 0.267 e. The second-order valence-electron chi connectivity index (χ2n) is 8.48. The fourth-order valence-electron chi connectivity index (χ4n) is 4.15. The Hall–Kier alpha value is -2.90. The molecule has 0 aliphatic heterocycles. The zero-order valence-corrected chi connectivity index (χ0v) is 22.3. The third-order valence-electron chi connectivity index (χ3n) is 6.12. The van der Waals surface area contributed by atoms with Crippen LogP contribution in [0.1, 0.15) is 48.8 Å². The van der Waals surface area contributed by atoms with Crippen molar-refractivity contribution in [3.63, 3.8) is 0 Å². The molecule has 0 saturated heterocycles. The molecular weight excluding hydrogens is 474 g/mol. The van der Waals surface area contributed by atoms with Crippen molar-refractivity contribution >= 4 is 44.9 Å². The van der Waals surface area contributed by atoms with Crippen LogP contribution < -0.4 is 10.9 Å². The molecule has 0 fully saturated rings. The minimum absolute atomic E-state index is 0.0745. The zero-order valence-electron chi connectivity index (χ0n) is 20.7. The highest BCUT2D eigenvalue weighted by atomic mass is 32.2. The molecule has 1 N–H and O–H groups in total. The highest BCUT2D eigenvalue weighted by molar-refractivity contribution is 7.99. The molecule has 0 bridgehead atoms.